The van der Waals surface area contributed by atoms with Crippen molar-refractivity contribution in [1.29, 1.82) is 0 Å². The van der Waals surface area contributed by atoms with Crippen LogP contribution in [0.25, 0.3) is 0 Å². The lowest BCUT2D eigenvalue weighted by Gasteiger charge is -2.09. The van der Waals surface area contributed by atoms with Crippen LogP contribution in [0.15, 0.2) is 47.8 Å². The molecular weight excluding hydrogens is 276 g/mol. The summed E-state index contributed by atoms with van der Waals surface area (Å²) in [6, 6.07) is 6.27. The highest BCUT2D eigenvalue weighted by Crippen LogP contribution is 2.16. The molecule has 0 spiro atoms. The van der Waals surface area contributed by atoms with Gasteiger partial charge in [-0.2, -0.15) is 0 Å². The maximum atomic E-state index is 12.2. The molecule has 0 unspecified atom stereocenters. The third-order valence-electron chi connectivity index (χ3n) is 2.51. The van der Waals surface area contributed by atoms with E-state index in [0.717, 1.165) is 13.0 Å². The molecule has 0 atom stereocenters. The van der Waals surface area contributed by atoms with Gasteiger partial charge in [-0.25, -0.2) is 13.4 Å². The Hall–Kier alpha value is -2.15. The van der Waals surface area contributed by atoms with E-state index in [9.17, 15) is 8.42 Å². The first-order valence-electron chi connectivity index (χ1n) is 6.24. The van der Waals surface area contributed by atoms with Crippen molar-refractivity contribution in [3.8, 4) is 0 Å². The number of nitrogens with zero attached hydrogens (tertiary/aromatic N) is 2. The Bertz CT molecular complexity index is 659. The van der Waals surface area contributed by atoms with Crippen LogP contribution in [0.2, 0.25) is 0 Å². The average molecular weight is 292 g/mol. The predicted molar refractivity (Wildman–Crippen MR) is 78.1 cm³/mol. The lowest BCUT2D eigenvalue weighted by atomic mass is 10.4. The first-order chi connectivity index (χ1) is 9.62. The smallest absolute Gasteiger partial charge is 0.262 e. The molecule has 0 saturated carbocycles. The van der Waals surface area contributed by atoms with Gasteiger partial charge in [0.25, 0.3) is 10.0 Å². The molecule has 0 aromatic carbocycles. The fraction of sp³-hybridized carbons (Fsp3) is 0.231. The lowest BCUT2D eigenvalue weighted by molar-refractivity contribution is 0.601. The van der Waals surface area contributed by atoms with Gasteiger partial charge in [0, 0.05) is 25.0 Å². The largest absolute Gasteiger partial charge is 0.370 e. The van der Waals surface area contributed by atoms with Crippen molar-refractivity contribution in [2.75, 3.05) is 16.6 Å². The fourth-order valence-corrected chi connectivity index (χ4v) is 2.62. The maximum Gasteiger partial charge on any atom is 0.262 e. The van der Waals surface area contributed by atoms with E-state index in [1.165, 1.54) is 24.5 Å². The van der Waals surface area contributed by atoms with E-state index in [4.69, 9.17) is 0 Å². The van der Waals surface area contributed by atoms with Crippen molar-refractivity contribution in [2.45, 2.75) is 18.2 Å². The van der Waals surface area contributed by atoms with Crippen LogP contribution in [0, 0.1) is 0 Å². The second-order valence-electron chi connectivity index (χ2n) is 4.15. The second kappa shape index (κ2) is 6.33. The van der Waals surface area contributed by atoms with Crippen LogP contribution in [-0.2, 0) is 10.0 Å². The number of aromatic nitrogens is 2. The Morgan fingerprint density at radius 3 is 2.80 bits per heavy atom. The van der Waals surface area contributed by atoms with Crippen LogP contribution in [0.4, 0.5) is 11.5 Å². The third kappa shape index (κ3) is 3.67. The predicted octanol–water partition coefficient (Wildman–Crippen LogP) is 2.10. The van der Waals surface area contributed by atoms with E-state index < -0.39 is 10.0 Å². The number of hydrogen-bond acceptors (Lipinski definition) is 5. The summed E-state index contributed by atoms with van der Waals surface area (Å²) >= 11 is 0. The molecule has 6 nitrogen and oxygen atoms in total. The van der Waals surface area contributed by atoms with Crippen molar-refractivity contribution in [1.82, 2.24) is 9.97 Å². The molecule has 0 aliphatic heterocycles. The number of nitrogens with one attached hydrogen (secondary N) is 2. The third-order valence-corrected chi connectivity index (χ3v) is 3.89. The van der Waals surface area contributed by atoms with Crippen LogP contribution < -0.4 is 10.0 Å². The van der Waals surface area contributed by atoms with Crippen molar-refractivity contribution in [2.24, 2.45) is 0 Å². The van der Waals surface area contributed by atoms with Gasteiger partial charge >= 0.3 is 0 Å². The van der Waals surface area contributed by atoms with E-state index in [-0.39, 0.29) is 4.90 Å². The van der Waals surface area contributed by atoms with E-state index in [1.54, 1.807) is 18.3 Å². The summed E-state index contributed by atoms with van der Waals surface area (Å²) in [4.78, 5) is 8.11. The molecule has 2 aromatic rings. The zero-order valence-corrected chi connectivity index (χ0v) is 11.9. The maximum absolute atomic E-state index is 12.2. The molecule has 0 saturated heterocycles. The molecule has 0 aliphatic carbocycles. The van der Waals surface area contributed by atoms with Crippen LogP contribution in [0.1, 0.15) is 13.3 Å². The van der Waals surface area contributed by atoms with Crippen LogP contribution >= 0.6 is 0 Å². The molecule has 0 radical (unpaired) electrons. The number of hydrogen-bond donors (Lipinski definition) is 2. The van der Waals surface area contributed by atoms with Crippen LogP contribution in [-0.4, -0.2) is 24.9 Å². The Balaban J connectivity index is 2.21. The summed E-state index contributed by atoms with van der Waals surface area (Å²) in [5.41, 5.74) is 0.423. The summed E-state index contributed by atoms with van der Waals surface area (Å²) in [7, 11) is -3.63. The Kier molecular flexibility index (Phi) is 4.52. The molecule has 0 fully saturated rings. The highest BCUT2D eigenvalue weighted by molar-refractivity contribution is 7.92. The summed E-state index contributed by atoms with van der Waals surface area (Å²) in [6.07, 6.45) is 5.44. The summed E-state index contributed by atoms with van der Waals surface area (Å²) in [6.45, 7) is 2.77. The first-order valence-corrected chi connectivity index (χ1v) is 7.73. The van der Waals surface area contributed by atoms with Crippen molar-refractivity contribution < 1.29 is 8.42 Å². The number of anilines is 2. The SMILES string of the molecule is CCCNc1cc(S(=O)(=O)Nc2cccnc2)ccn1. The quantitative estimate of drug-likeness (QED) is 0.851. The Morgan fingerprint density at radius 1 is 1.25 bits per heavy atom. The standard InChI is InChI=1S/C13H16N4O2S/c1-2-6-15-13-9-12(5-8-16-13)20(18,19)17-11-4-3-7-14-10-11/h3-5,7-10,17H,2,6H2,1H3,(H,15,16). The van der Waals surface area contributed by atoms with Gasteiger partial charge in [0.1, 0.15) is 5.82 Å². The summed E-state index contributed by atoms with van der Waals surface area (Å²) in [5, 5.41) is 3.05. The van der Waals surface area contributed by atoms with Gasteiger partial charge in [0.2, 0.25) is 0 Å². The number of pyridine rings is 2. The zero-order valence-electron chi connectivity index (χ0n) is 11.1. The van der Waals surface area contributed by atoms with Gasteiger partial charge in [-0.05, 0) is 24.6 Å². The van der Waals surface area contributed by atoms with Gasteiger partial charge in [-0.15, -0.1) is 0 Å². The fourth-order valence-electron chi connectivity index (χ4n) is 1.57. The van der Waals surface area contributed by atoms with E-state index in [0.29, 0.717) is 11.5 Å². The molecule has 0 amide bonds. The second-order valence-corrected chi connectivity index (χ2v) is 5.83. The average Bonchev–Trinajstić information content (AvgIpc) is 2.46. The molecule has 20 heavy (non-hydrogen) atoms. The van der Waals surface area contributed by atoms with Gasteiger partial charge < -0.3 is 5.32 Å². The number of sulfonamides is 1. The van der Waals surface area contributed by atoms with Gasteiger partial charge in [0.05, 0.1) is 16.8 Å². The van der Waals surface area contributed by atoms with Gasteiger partial charge in [0.15, 0.2) is 0 Å². The molecule has 2 aromatic heterocycles. The van der Waals surface area contributed by atoms with Crippen molar-refractivity contribution in [3.63, 3.8) is 0 Å². The summed E-state index contributed by atoms with van der Waals surface area (Å²) < 4.78 is 26.9. The van der Waals surface area contributed by atoms with Crippen molar-refractivity contribution in [3.05, 3.63) is 42.9 Å². The zero-order chi connectivity index (χ0) is 14.4. The van der Waals surface area contributed by atoms with Gasteiger partial charge in [-0.1, -0.05) is 6.92 Å². The highest BCUT2D eigenvalue weighted by atomic mass is 32.2. The molecular formula is C13H16N4O2S. The van der Waals surface area contributed by atoms with E-state index >= 15 is 0 Å². The highest BCUT2D eigenvalue weighted by Gasteiger charge is 2.15. The van der Waals surface area contributed by atoms with E-state index in [2.05, 4.69) is 20.0 Å². The minimum atomic E-state index is -3.63. The lowest BCUT2D eigenvalue weighted by Crippen LogP contribution is -2.14. The minimum Gasteiger partial charge on any atom is -0.370 e. The first kappa shape index (κ1) is 14.3. The summed E-state index contributed by atoms with van der Waals surface area (Å²) in [5.74, 6) is 0.543. The number of rotatable bonds is 6. The molecule has 0 aliphatic rings. The van der Waals surface area contributed by atoms with Crippen LogP contribution in [0.3, 0.4) is 0 Å². The van der Waals surface area contributed by atoms with Crippen LogP contribution in [0.5, 0.6) is 0 Å². The van der Waals surface area contributed by atoms with E-state index in [1.807, 2.05) is 6.92 Å². The molecule has 2 N–H and O–H groups in total. The molecule has 7 heteroatoms. The topological polar surface area (TPSA) is 84.0 Å². The molecule has 2 rings (SSSR count). The van der Waals surface area contributed by atoms with Gasteiger partial charge in [-0.3, -0.25) is 9.71 Å². The molecule has 2 heterocycles. The normalized spacial score (nSPS) is 11.1. The minimum absolute atomic E-state index is 0.162. The monoisotopic (exact) mass is 292 g/mol. The Morgan fingerprint density at radius 2 is 2.10 bits per heavy atom. The molecule has 0 bridgehead atoms. The molecule has 106 valence electrons. The Labute approximate surface area is 118 Å². The van der Waals surface area contributed by atoms with Crippen molar-refractivity contribution >= 4 is 21.5 Å².